The number of nitrogens with one attached hydrogen (secondary N) is 1. The number of ether oxygens (including phenoxy) is 1. The summed E-state index contributed by atoms with van der Waals surface area (Å²) >= 11 is 0. The first kappa shape index (κ1) is 12.1. The van der Waals surface area contributed by atoms with Crippen LogP contribution < -0.4 is 5.32 Å². The smallest absolute Gasteiger partial charge is 0.310 e. The van der Waals surface area contributed by atoms with Crippen molar-refractivity contribution < 1.29 is 9.53 Å². The summed E-state index contributed by atoms with van der Waals surface area (Å²) in [4.78, 5) is 11.9. The van der Waals surface area contributed by atoms with Crippen molar-refractivity contribution >= 4 is 5.97 Å². The molecule has 3 heteroatoms. The van der Waals surface area contributed by atoms with Gasteiger partial charge in [0.05, 0.1) is 12.5 Å². The Labute approximate surface area is 102 Å². The molecule has 1 saturated heterocycles. The molecule has 1 fully saturated rings. The van der Waals surface area contributed by atoms with Crippen LogP contribution >= 0.6 is 0 Å². The summed E-state index contributed by atoms with van der Waals surface area (Å²) in [6, 6.07) is 10.3. The molecule has 92 valence electrons. The standard InChI is InChI=1S/C14H19NO2/c1-2-17-14(16)13-10-15-9-8-12(13)11-6-4-3-5-7-11/h3-7,12-13,15H,2,8-10H2,1H3/t12-,13-/m0/s1. The molecule has 1 aliphatic heterocycles. The fourth-order valence-electron chi connectivity index (χ4n) is 2.45. The lowest BCUT2D eigenvalue weighted by molar-refractivity contribution is -0.149. The number of carbonyl (C=O) groups excluding carboxylic acids is 1. The minimum Gasteiger partial charge on any atom is -0.466 e. The molecular formula is C14H19NO2. The SMILES string of the molecule is CCOC(=O)[C@H]1CNCC[C@H]1c1ccccc1. The summed E-state index contributed by atoms with van der Waals surface area (Å²) in [5, 5.41) is 3.27. The zero-order chi connectivity index (χ0) is 12.1. The highest BCUT2D eigenvalue weighted by molar-refractivity contribution is 5.74. The molecule has 1 aromatic rings. The lowest BCUT2D eigenvalue weighted by atomic mass is 9.81. The molecule has 0 spiro atoms. The number of hydrogen-bond acceptors (Lipinski definition) is 3. The summed E-state index contributed by atoms with van der Waals surface area (Å²) in [5.74, 6) is 0.163. The van der Waals surface area contributed by atoms with E-state index >= 15 is 0 Å². The topological polar surface area (TPSA) is 38.3 Å². The Bertz CT molecular complexity index is 364. The Morgan fingerprint density at radius 2 is 2.18 bits per heavy atom. The van der Waals surface area contributed by atoms with Crippen LogP contribution in [0.5, 0.6) is 0 Å². The molecule has 0 unspecified atom stereocenters. The van der Waals surface area contributed by atoms with E-state index in [-0.39, 0.29) is 17.8 Å². The van der Waals surface area contributed by atoms with Gasteiger partial charge in [0.15, 0.2) is 0 Å². The molecule has 2 rings (SSSR count). The first-order chi connectivity index (χ1) is 8.33. The van der Waals surface area contributed by atoms with E-state index in [1.54, 1.807) is 0 Å². The van der Waals surface area contributed by atoms with Crippen LogP contribution in [-0.2, 0) is 9.53 Å². The van der Waals surface area contributed by atoms with Crippen LogP contribution in [0.3, 0.4) is 0 Å². The van der Waals surface area contributed by atoms with Crippen LogP contribution in [0.1, 0.15) is 24.8 Å². The van der Waals surface area contributed by atoms with Crippen molar-refractivity contribution in [3.8, 4) is 0 Å². The van der Waals surface area contributed by atoms with Crippen molar-refractivity contribution in [3.63, 3.8) is 0 Å². The largest absolute Gasteiger partial charge is 0.466 e. The van der Waals surface area contributed by atoms with Crippen LogP contribution in [0.15, 0.2) is 30.3 Å². The van der Waals surface area contributed by atoms with Gasteiger partial charge in [0.2, 0.25) is 0 Å². The molecule has 0 amide bonds. The summed E-state index contributed by atoms with van der Waals surface area (Å²) in [7, 11) is 0. The third-order valence-corrected chi connectivity index (χ3v) is 3.30. The summed E-state index contributed by atoms with van der Waals surface area (Å²) in [6.07, 6.45) is 0.994. The summed E-state index contributed by atoms with van der Waals surface area (Å²) in [6.45, 7) is 4.00. The molecule has 0 bridgehead atoms. The maximum atomic E-state index is 11.9. The van der Waals surface area contributed by atoms with E-state index in [0.29, 0.717) is 6.61 Å². The second-order valence-corrected chi connectivity index (χ2v) is 4.37. The van der Waals surface area contributed by atoms with E-state index in [4.69, 9.17) is 4.74 Å². The number of rotatable bonds is 3. The third kappa shape index (κ3) is 2.86. The molecule has 1 aromatic carbocycles. The van der Waals surface area contributed by atoms with Gasteiger partial charge in [0.25, 0.3) is 0 Å². The first-order valence-electron chi connectivity index (χ1n) is 6.25. The van der Waals surface area contributed by atoms with E-state index in [0.717, 1.165) is 19.5 Å². The number of carbonyl (C=O) groups is 1. The van der Waals surface area contributed by atoms with Crippen LogP contribution in [0.25, 0.3) is 0 Å². The van der Waals surface area contributed by atoms with Gasteiger partial charge in [0.1, 0.15) is 0 Å². The van der Waals surface area contributed by atoms with Crippen LogP contribution in [-0.4, -0.2) is 25.7 Å². The van der Waals surface area contributed by atoms with E-state index in [9.17, 15) is 4.79 Å². The van der Waals surface area contributed by atoms with Gasteiger partial charge in [-0.15, -0.1) is 0 Å². The quantitative estimate of drug-likeness (QED) is 0.811. The van der Waals surface area contributed by atoms with Crippen LogP contribution in [0.2, 0.25) is 0 Å². The Balaban J connectivity index is 2.15. The second kappa shape index (κ2) is 5.82. The predicted octanol–water partition coefficient (Wildman–Crippen LogP) is 1.94. The van der Waals surface area contributed by atoms with Crippen molar-refractivity contribution in [3.05, 3.63) is 35.9 Å². The third-order valence-electron chi connectivity index (χ3n) is 3.30. The lowest BCUT2D eigenvalue weighted by Crippen LogP contribution is -2.40. The summed E-state index contributed by atoms with van der Waals surface area (Å²) < 4.78 is 5.15. The zero-order valence-corrected chi connectivity index (χ0v) is 10.2. The number of esters is 1. The highest BCUT2D eigenvalue weighted by atomic mass is 16.5. The molecule has 0 aromatic heterocycles. The lowest BCUT2D eigenvalue weighted by Gasteiger charge is -2.30. The Morgan fingerprint density at radius 3 is 2.88 bits per heavy atom. The van der Waals surface area contributed by atoms with Crippen molar-refractivity contribution in [1.82, 2.24) is 5.32 Å². The van der Waals surface area contributed by atoms with Crippen molar-refractivity contribution in [2.24, 2.45) is 5.92 Å². The molecule has 1 N–H and O–H groups in total. The van der Waals surface area contributed by atoms with Gasteiger partial charge < -0.3 is 10.1 Å². The minimum absolute atomic E-state index is 0.0499. The van der Waals surface area contributed by atoms with Gasteiger partial charge in [-0.2, -0.15) is 0 Å². The highest BCUT2D eigenvalue weighted by Gasteiger charge is 2.32. The van der Waals surface area contributed by atoms with Gasteiger partial charge in [-0.05, 0) is 31.4 Å². The molecule has 1 heterocycles. The molecular weight excluding hydrogens is 214 g/mol. The van der Waals surface area contributed by atoms with E-state index in [1.165, 1.54) is 5.56 Å². The Morgan fingerprint density at radius 1 is 1.41 bits per heavy atom. The van der Waals surface area contributed by atoms with Crippen molar-refractivity contribution in [2.45, 2.75) is 19.3 Å². The van der Waals surface area contributed by atoms with E-state index in [2.05, 4.69) is 17.4 Å². The first-order valence-corrected chi connectivity index (χ1v) is 6.25. The predicted molar refractivity (Wildman–Crippen MR) is 66.8 cm³/mol. The van der Waals surface area contributed by atoms with Gasteiger partial charge in [-0.25, -0.2) is 0 Å². The molecule has 17 heavy (non-hydrogen) atoms. The Hall–Kier alpha value is -1.35. The van der Waals surface area contributed by atoms with E-state index in [1.807, 2.05) is 25.1 Å². The monoisotopic (exact) mass is 233 g/mol. The maximum Gasteiger partial charge on any atom is 0.310 e. The fraction of sp³-hybridized carbons (Fsp3) is 0.500. The van der Waals surface area contributed by atoms with Crippen molar-refractivity contribution in [1.29, 1.82) is 0 Å². The second-order valence-electron chi connectivity index (χ2n) is 4.37. The molecule has 0 radical (unpaired) electrons. The minimum atomic E-state index is -0.0754. The molecule has 2 atom stereocenters. The normalized spacial score (nSPS) is 24.3. The summed E-state index contributed by atoms with van der Waals surface area (Å²) in [5.41, 5.74) is 1.24. The van der Waals surface area contributed by atoms with Crippen LogP contribution in [0.4, 0.5) is 0 Å². The molecule has 0 saturated carbocycles. The number of hydrogen-bond donors (Lipinski definition) is 1. The van der Waals surface area contributed by atoms with Gasteiger partial charge in [-0.1, -0.05) is 30.3 Å². The van der Waals surface area contributed by atoms with E-state index < -0.39 is 0 Å². The number of piperidine rings is 1. The van der Waals surface area contributed by atoms with Crippen molar-refractivity contribution in [2.75, 3.05) is 19.7 Å². The van der Waals surface area contributed by atoms with Gasteiger partial charge >= 0.3 is 5.97 Å². The zero-order valence-electron chi connectivity index (χ0n) is 10.2. The Kier molecular flexibility index (Phi) is 4.15. The molecule has 0 aliphatic carbocycles. The molecule has 3 nitrogen and oxygen atoms in total. The van der Waals surface area contributed by atoms with Crippen LogP contribution in [0, 0.1) is 5.92 Å². The maximum absolute atomic E-state index is 11.9. The number of benzene rings is 1. The highest BCUT2D eigenvalue weighted by Crippen LogP contribution is 2.30. The van der Waals surface area contributed by atoms with Gasteiger partial charge in [-0.3, -0.25) is 4.79 Å². The average molecular weight is 233 g/mol. The average Bonchev–Trinajstić information content (AvgIpc) is 2.40. The van der Waals surface area contributed by atoms with Gasteiger partial charge in [0, 0.05) is 6.54 Å². The molecule has 1 aliphatic rings. The fourth-order valence-corrected chi connectivity index (χ4v) is 2.45.